The third kappa shape index (κ3) is 3.25. The Hall–Kier alpha value is -1.13. The highest BCUT2D eigenvalue weighted by Crippen LogP contribution is 2.26. The molecule has 1 saturated heterocycles. The molecule has 0 saturated carbocycles. The Morgan fingerprint density at radius 3 is 2.84 bits per heavy atom. The molecule has 2 rings (SSSR count). The van der Waals surface area contributed by atoms with Gasteiger partial charge in [0.2, 0.25) is 0 Å². The van der Waals surface area contributed by atoms with Crippen molar-refractivity contribution in [3.63, 3.8) is 0 Å². The fourth-order valence-corrected chi connectivity index (χ4v) is 2.66. The average molecular weight is 267 g/mol. The van der Waals surface area contributed by atoms with E-state index in [0.29, 0.717) is 23.8 Å². The van der Waals surface area contributed by atoms with E-state index in [1.54, 1.807) is 12.1 Å². The molecule has 1 aliphatic rings. The number of methoxy groups -OCH3 is 1. The van der Waals surface area contributed by atoms with Crippen molar-refractivity contribution in [2.24, 2.45) is 0 Å². The molecule has 0 radical (unpaired) electrons. The van der Waals surface area contributed by atoms with E-state index in [1.165, 1.54) is 7.11 Å². The summed E-state index contributed by atoms with van der Waals surface area (Å²) in [5.74, 6) is 0.0318. The Kier molecular flexibility index (Phi) is 4.77. The topological polar surface area (TPSA) is 30.5 Å². The zero-order valence-corrected chi connectivity index (χ0v) is 11.8. The van der Waals surface area contributed by atoms with Gasteiger partial charge < -0.3 is 14.8 Å². The van der Waals surface area contributed by atoms with Crippen LogP contribution in [0, 0.1) is 5.82 Å². The van der Waals surface area contributed by atoms with Gasteiger partial charge in [0.25, 0.3) is 0 Å². The van der Waals surface area contributed by atoms with Crippen LogP contribution in [-0.2, 0) is 11.2 Å². The van der Waals surface area contributed by atoms with Crippen LogP contribution in [0.25, 0.3) is 0 Å². The number of rotatable bonds is 5. The van der Waals surface area contributed by atoms with Crippen LogP contribution < -0.4 is 10.1 Å². The quantitative estimate of drug-likeness (QED) is 0.889. The molecule has 19 heavy (non-hydrogen) atoms. The van der Waals surface area contributed by atoms with E-state index in [4.69, 9.17) is 9.47 Å². The molecular weight excluding hydrogens is 245 g/mol. The molecule has 4 heteroatoms. The standard InChI is InChI=1S/C15H22FNO2/c1-10-7-8-13(19-10)12(17-2)9-11-5-4-6-14(18-3)15(11)16/h4-6,10,12-13,17H,7-9H2,1-3H3. The molecule has 3 nitrogen and oxygen atoms in total. The molecule has 3 unspecified atom stereocenters. The zero-order valence-electron chi connectivity index (χ0n) is 11.8. The van der Waals surface area contributed by atoms with Crippen LogP contribution in [0.5, 0.6) is 5.75 Å². The Bertz CT molecular complexity index is 425. The van der Waals surface area contributed by atoms with Gasteiger partial charge in [-0.2, -0.15) is 0 Å². The van der Waals surface area contributed by atoms with Gasteiger partial charge >= 0.3 is 0 Å². The van der Waals surface area contributed by atoms with Gasteiger partial charge in [0.1, 0.15) is 0 Å². The first-order valence-corrected chi connectivity index (χ1v) is 6.79. The molecule has 0 aromatic heterocycles. The Balaban J connectivity index is 2.10. The highest BCUT2D eigenvalue weighted by atomic mass is 19.1. The van der Waals surface area contributed by atoms with Crippen molar-refractivity contribution in [3.8, 4) is 5.75 Å². The minimum absolute atomic E-state index is 0.131. The van der Waals surface area contributed by atoms with Crippen molar-refractivity contribution in [2.45, 2.75) is 44.4 Å². The lowest BCUT2D eigenvalue weighted by Crippen LogP contribution is -2.39. The first-order chi connectivity index (χ1) is 9.15. The monoisotopic (exact) mass is 267 g/mol. The van der Waals surface area contributed by atoms with Crippen molar-refractivity contribution >= 4 is 0 Å². The molecule has 0 amide bonds. The zero-order chi connectivity index (χ0) is 13.8. The van der Waals surface area contributed by atoms with Crippen LogP contribution >= 0.6 is 0 Å². The van der Waals surface area contributed by atoms with E-state index >= 15 is 0 Å². The summed E-state index contributed by atoms with van der Waals surface area (Å²) in [4.78, 5) is 0. The number of ether oxygens (including phenoxy) is 2. The molecule has 1 aromatic rings. The van der Waals surface area contributed by atoms with Crippen LogP contribution in [0.3, 0.4) is 0 Å². The van der Waals surface area contributed by atoms with Crippen molar-refractivity contribution in [1.82, 2.24) is 5.32 Å². The molecule has 1 aromatic carbocycles. The lowest BCUT2D eigenvalue weighted by molar-refractivity contribution is 0.0335. The fraction of sp³-hybridized carbons (Fsp3) is 0.600. The number of hydrogen-bond donors (Lipinski definition) is 1. The molecule has 0 aliphatic carbocycles. The number of nitrogens with one attached hydrogen (secondary N) is 1. The van der Waals surface area contributed by atoms with Crippen molar-refractivity contribution in [2.75, 3.05) is 14.2 Å². The predicted octanol–water partition coefficient (Wildman–Crippen LogP) is 2.53. The summed E-state index contributed by atoms with van der Waals surface area (Å²) in [5, 5.41) is 3.25. The van der Waals surface area contributed by atoms with E-state index in [2.05, 4.69) is 12.2 Å². The molecular formula is C15H22FNO2. The summed E-state index contributed by atoms with van der Waals surface area (Å²) in [5.41, 5.74) is 0.668. The number of halogens is 1. The van der Waals surface area contributed by atoms with Crippen LogP contribution in [0.15, 0.2) is 18.2 Å². The van der Waals surface area contributed by atoms with Gasteiger partial charge in [-0.1, -0.05) is 12.1 Å². The summed E-state index contributed by atoms with van der Waals surface area (Å²) < 4.78 is 25.0. The Labute approximate surface area is 114 Å². The largest absolute Gasteiger partial charge is 0.494 e. The summed E-state index contributed by atoms with van der Waals surface area (Å²) >= 11 is 0. The molecule has 0 spiro atoms. The number of hydrogen-bond acceptors (Lipinski definition) is 3. The van der Waals surface area contributed by atoms with Crippen LogP contribution in [0.2, 0.25) is 0 Å². The molecule has 1 heterocycles. The van der Waals surface area contributed by atoms with E-state index in [0.717, 1.165) is 12.8 Å². The van der Waals surface area contributed by atoms with Crippen LogP contribution in [0.1, 0.15) is 25.3 Å². The van der Waals surface area contributed by atoms with Crippen LogP contribution in [-0.4, -0.2) is 32.4 Å². The van der Waals surface area contributed by atoms with Gasteiger partial charge in [0.15, 0.2) is 11.6 Å². The average Bonchev–Trinajstić information content (AvgIpc) is 2.84. The van der Waals surface area contributed by atoms with E-state index in [1.807, 2.05) is 13.1 Å². The Morgan fingerprint density at radius 2 is 2.26 bits per heavy atom. The first kappa shape index (κ1) is 14.3. The highest BCUT2D eigenvalue weighted by molar-refractivity contribution is 5.31. The van der Waals surface area contributed by atoms with Gasteiger partial charge in [-0.25, -0.2) is 4.39 Å². The van der Waals surface area contributed by atoms with Crippen molar-refractivity contribution in [3.05, 3.63) is 29.6 Å². The van der Waals surface area contributed by atoms with E-state index < -0.39 is 0 Å². The second-order valence-corrected chi connectivity index (χ2v) is 5.10. The van der Waals surface area contributed by atoms with Crippen molar-refractivity contribution in [1.29, 1.82) is 0 Å². The SMILES string of the molecule is CNC(Cc1cccc(OC)c1F)C1CCC(C)O1. The van der Waals surface area contributed by atoms with Gasteiger partial charge in [-0.3, -0.25) is 0 Å². The van der Waals surface area contributed by atoms with Gasteiger partial charge in [0.05, 0.1) is 19.3 Å². The summed E-state index contributed by atoms with van der Waals surface area (Å²) in [6, 6.07) is 5.40. The van der Waals surface area contributed by atoms with Crippen LogP contribution in [0.4, 0.5) is 4.39 Å². The predicted molar refractivity (Wildman–Crippen MR) is 73.1 cm³/mol. The van der Waals surface area contributed by atoms with Gasteiger partial charge in [-0.05, 0) is 44.9 Å². The maximum atomic E-state index is 14.1. The second-order valence-electron chi connectivity index (χ2n) is 5.10. The maximum Gasteiger partial charge on any atom is 0.168 e. The summed E-state index contributed by atoms with van der Waals surface area (Å²) in [6.07, 6.45) is 3.17. The second kappa shape index (κ2) is 6.35. The van der Waals surface area contributed by atoms with E-state index in [-0.39, 0.29) is 18.0 Å². The third-order valence-electron chi connectivity index (χ3n) is 3.79. The summed E-state index contributed by atoms with van der Waals surface area (Å²) in [6.45, 7) is 2.08. The smallest absolute Gasteiger partial charge is 0.168 e. The van der Waals surface area contributed by atoms with E-state index in [9.17, 15) is 4.39 Å². The number of likely N-dealkylation sites (N-methyl/N-ethyl adjacent to an activating group) is 1. The lowest BCUT2D eigenvalue weighted by atomic mass is 9.99. The minimum Gasteiger partial charge on any atom is -0.494 e. The molecule has 106 valence electrons. The summed E-state index contributed by atoms with van der Waals surface area (Å²) in [7, 11) is 3.38. The lowest BCUT2D eigenvalue weighted by Gasteiger charge is -2.23. The van der Waals surface area contributed by atoms with Gasteiger partial charge in [-0.15, -0.1) is 0 Å². The molecule has 1 N–H and O–H groups in total. The highest BCUT2D eigenvalue weighted by Gasteiger charge is 2.29. The maximum absolute atomic E-state index is 14.1. The molecule has 0 bridgehead atoms. The molecule has 1 aliphatic heterocycles. The van der Waals surface area contributed by atoms with Gasteiger partial charge in [0, 0.05) is 6.04 Å². The van der Waals surface area contributed by atoms with Crippen molar-refractivity contribution < 1.29 is 13.9 Å². The molecule has 1 fully saturated rings. The third-order valence-corrected chi connectivity index (χ3v) is 3.79. The number of benzene rings is 1. The molecule has 3 atom stereocenters. The fourth-order valence-electron chi connectivity index (χ4n) is 2.66. The normalized spacial score (nSPS) is 24.4. The Morgan fingerprint density at radius 1 is 1.47 bits per heavy atom. The first-order valence-electron chi connectivity index (χ1n) is 6.79. The minimum atomic E-state index is -0.267.